The Morgan fingerprint density at radius 2 is 1.48 bits per heavy atom. The summed E-state index contributed by atoms with van der Waals surface area (Å²) in [5, 5.41) is 0.458. The maximum absolute atomic E-state index is 12.4. The summed E-state index contributed by atoms with van der Waals surface area (Å²) in [6.07, 6.45) is 0. The average Bonchev–Trinajstić information content (AvgIpc) is 2.78. The van der Waals surface area contributed by atoms with E-state index in [1.807, 2.05) is 0 Å². The van der Waals surface area contributed by atoms with Crippen LogP contribution in [0.5, 0.6) is 11.5 Å². The molecule has 0 bridgehead atoms. The summed E-state index contributed by atoms with van der Waals surface area (Å²) >= 11 is 0. The van der Waals surface area contributed by atoms with Gasteiger partial charge in [-0.3, -0.25) is 30.2 Å². The number of hydrogen-bond acceptors (Lipinski definition) is 6. The molecule has 3 aromatic carbocycles. The maximum atomic E-state index is 12.4. The van der Waals surface area contributed by atoms with Gasteiger partial charge >= 0.3 is 0 Å². The van der Waals surface area contributed by atoms with Crippen molar-refractivity contribution in [2.75, 3.05) is 5.43 Å². The number of fused-ring (bicyclic) bond motifs is 1. The molecular weight excluding hydrogens is 398 g/mol. The number of para-hydroxylation sites is 1. The van der Waals surface area contributed by atoms with Crippen LogP contribution in [0.15, 0.2) is 77.6 Å². The first kappa shape index (κ1) is 19.6. The fourth-order valence-corrected chi connectivity index (χ4v) is 2.83. The Bertz CT molecular complexity index is 1310. The topological polar surface area (TPSA) is 139 Å². The van der Waals surface area contributed by atoms with Crippen LogP contribution in [0.2, 0.25) is 0 Å². The van der Waals surface area contributed by atoms with E-state index in [0.717, 1.165) is 0 Å². The van der Waals surface area contributed by atoms with Gasteiger partial charge in [-0.05, 0) is 60.7 Å². The predicted molar refractivity (Wildman–Crippen MR) is 115 cm³/mol. The number of aromatic amines is 1. The minimum atomic E-state index is -0.515. The number of anilines is 1. The molecule has 5 N–H and O–H groups in total. The molecule has 0 aliphatic heterocycles. The highest BCUT2D eigenvalue weighted by Crippen LogP contribution is 2.22. The number of amides is 2. The molecule has 0 atom stereocenters. The number of aromatic nitrogens is 2. The number of primary amides is 1. The van der Waals surface area contributed by atoms with Gasteiger partial charge in [0.2, 0.25) is 11.9 Å². The highest BCUT2D eigenvalue weighted by atomic mass is 16.5. The normalized spacial score (nSPS) is 10.5. The summed E-state index contributed by atoms with van der Waals surface area (Å²) in [5.41, 5.74) is 11.3. The summed E-state index contributed by atoms with van der Waals surface area (Å²) in [4.78, 5) is 42.3. The van der Waals surface area contributed by atoms with Crippen LogP contribution < -0.4 is 26.9 Å². The van der Waals surface area contributed by atoms with Gasteiger partial charge in [0, 0.05) is 11.1 Å². The zero-order valence-corrected chi connectivity index (χ0v) is 16.1. The largest absolute Gasteiger partial charge is 0.457 e. The van der Waals surface area contributed by atoms with Gasteiger partial charge in [0.15, 0.2) is 0 Å². The van der Waals surface area contributed by atoms with Gasteiger partial charge in [-0.15, -0.1) is 0 Å². The number of nitrogens with one attached hydrogen (secondary N) is 3. The molecule has 0 unspecified atom stereocenters. The van der Waals surface area contributed by atoms with Gasteiger partial charge in [-0.25, -0.2) is 4.98 Å². The van der Waals surface area contributed by atoms with E-state index in [1.165, 1.54) is 0 Å². The first-order valence-electron chi connectivity index (χ1n) is 9.23. The number of hydrazine groups is 1. The Morgan fingerprint density at radius 3 is 2.13 bits per heavy atom. The Kier molecular flexibility index (Phi) is 5.31. The molecule has 0 fully saturated rings. The molecule has 0 aliphatic carbocycles. The molecule has 4 aromatic rings. The van der Waals surface area contributed by atoms with E-state index in [-0.39, 0.29) is 11.5 Å². The van der Waals surface area contributed by atoms with Crippen molar-refractivity contribution in [3.05, 3.63) is 94.3 Å². The van der Waals surface area contributed by atoms with Crippen molar-refractivity contribution in [3.63, 3.8) is 0 Å². The Balaban J connectivity index is 1.39. The maximum Gasteiger partial charge on any atom is 0.269 e. The van der Waals surface area contributed by atoms with Crippen LogP contribution in [0, 0.1) is 0 Å². The van der Waals surface area contributed by atoms with Crippen molar-refractivity contribution in [2.24, 2.45) is 5.73 Å². The highest BCUT2D eigenvalue weighted by Gasteiger charge is 2.08. The summed E-state index contributed by atoms with van der Waals surface area (Å²) in [5.74, 6) is 0.218. The van der Waals surface area contributed by atoms with Gasteiger partial charge in [0.05, 0.1) is 10.9 Å². The lowest BCUT2D eigenvalue weighted by Gasteiger charge is -2.09. The van der Waals surface area contributed by atoms with E-state index in [9.17, 15) is 14.4 Å². The van der Waals surface area contributed by atoms with Crippen molar-refractivity contribution in [2.45, 2.75) is 0 Å². The summed E-state index contributed by atoms with van der Waals surface area (Å²) in [7, 11) is 0. The van der Waals surface area contributed by atoms with Crippen molar-refractivity contribution < 1.29 is 14.3 Å². The summed E-state index contributed by atoms with van der Waals surface area (Å²) in [6.45, 7) is 0. The van der Waals surface area contributed by atoms with Gasteiger partial charge in [-0.2, -0.15) is 0 Å². The smallest absolute Gasteiger partial charge is 0.269 e. The van der Waals surface area contributed by atoms with Gasteiger partial charge in [0.25, 0.3) is 11.5 Å². The molecule has 31 heavy (non-hydrogen) atoms. The van der Waals surface area contributed by atoms with Crippen LogP contribution in [-0.2, 0) is 0 Å². The summed E-state index contributed by atoms with van der Waals surface area (Å²) < 4.78 is 5.68. The fraction of sp³-hybridized carbons (Fsp3) is 0. The molecule has 0 radical (unpaired) electrons. The van der Waals surface area contributed by atoms with Crippen LogP contribution in [0.25, 0.3) is 10.9 Å². The quantitative estimate of drug-likeness (QED) is 0.357. The van der Waals surface area contributed by atoms with Crippen molar-refractivity contribution in [3.8, 4) is 11.5 Å². The third kappa shape index (κ3) is 4.51. The standard InChI is InChI=1S/C22H17N5O4/c23-19(28)13-5-9-15(10-6-13)31-16-11-7-14(8-12-16)20(29)26-27-22-24-18-4-2-1-3-17(18)21(30)25-22/h1-12H,(H2,23,28)(H,26,29)(H2,24,25,27,30). The number of carbonyl (C=O) groups is 2. The Labute approximate surface area is 175 Å². The minimum absolute atomic E-state index is 0.122. The van der Waals surface area contributed by atoms with Gasteiger partial charge in [-0.1, -0.05) is 12.1 Å². The Morgan fingerprint density at radius 1 is 0.871 bits per heavy atom. The number of carbonyl (C=O) groups excluding carboxylic acids is 2. The van der Waals surface area contributed by atoms with Crippen LogP contribution in [0.4, 0.5) is 5.95 Å². The Hall–Kier alpha value is -4.66. The average molecular weight is 415 g/mol. The SMILES string of the molecule is NC(=O)c1ccc(Oc2ccc(C(=O)NNc3nc4ccccc4c(=O)[nH]3)cc2)cc1. The fourth-order valence-electron chi connectivity index (χ4n) is 2.83. The van der Waals surface area contributed by atoms with Crippen LogP contribution in [0.3, 0.4) is 0 Å². The van der Waals surface area contributed by atoms with Crippen molar-refractivity contribution in [1.29, 1.82) is 0 Å². The first-order chi connectivity index (χ1) is 15.0. The number of nitrogens with zero attached hydrogens (tertiary/aromatic N) is 1. The summed E-state index contributed by atoms with van der Waals surface area (Å²) in [6, 6.07) is 19.7. The second-order valence-corrected chi connectivity index (χ2v) is 6.53. The lowest BCUT2D eigenvalue weighted by molar-refractivity contribution is 0.0960. The lowest BCUT2D eigenvalue weighted by atomic mass is 10.2. The van der Waals surface area contributed by atoms with Crippen LogP contribution in [-0.4, -0.2) is 21.8 Å². The van der Waals surface area contributed by atoms with Gasteiger partial charge < -0.3 is 10.5 Å². The third-order valence-corrected chi connectivity index (χ3v) is 4.40. The van der Waals surface area contributed by atoms with Crippen LogP contribution in [0.1, 0.15) is 20.7 Å². The molecule has 1 heterocycles. The number of ether oxygens (including phenoxy) is 1. The molecule has 0 saturated heterocycles. The molecule has 9 nitrogen and oxygen atoms in total. The molecule has 1 aromatic heterocycles. The van der Waals surface area contributed by atoms with E-state index in [1.54, 1.807) is 72.8 Å². The molecular formula is C22H17N5O4. The van der Waals surface area contributed by atoms with Gasteiger partial charge in [0.1, 0.15) is 11.5 Å². The number of hydrogen-bond donors (Lipinski definition) is 4. The van der Waals surface area contributed by atoms with Crippen LogP contribution >= 0.6 is 0 Å². The zero-order valence-electron chi connectivity index (χ0n) is 16.1. The monoisotopic (exact) mass is 415 g/mol. The second-order valence-electron chi connectivity index (χ2n) is 6.53. The third-order valence-electron chi connectivity index (χ3n) is 4.40. The molecule has 0 saturated carbocycles. The molecule has 154 valence electrons. The number of nitrogens with two attached hydrogens (primary N) is 1. The van der Waals surface area contributed by atoms with E-state index < -0.39 is 11.8 Å². The number of benzene rings is 3. The first-order valence-corrected chi connectivity index (χ1v) is 9.23. The molecule has 4 rings (SSSR count). The molecule has 9 heteroatoms. The van der Waals surface area contributed by atoms with E-state index >= 15 is 0 Å². The zero-order chi connectivity index (χ0) is 21.8. The lowest BCUT2D eigenvalue weighted by Crippen LogP contribution is -2.31. The molecule has 2 amide bonds. The number of H-pyrrole nitrogens is 1. The molecule has 0 spiro atoms. The highest BCUT2D eigenvalue weighted by molar-refractivity contribution is 5.95. The van der Waals surface area contributed by atoms with Crippen molar-refractivity contribution in [1.82, 2.24) is 15.4 Å². The van der Waals surface area contributed by atoms with E-state index in [0.29, 0.717) is 33.5 Å². The van der Waals surface area contributed by atoms with E-state index in [2.05, 4.69) is 20.8 Å². The minimum Gasteiger partial charge on any atom is -0.457 e. The van der Waals surface area contributed by atoms with Crippen molar-refractivity contribution >= 4 is 28.7 Å². The van der Waals surface area contributed by atoms with E-state index in [4.69, 9.17) is 10.5 Å². The predicted octanol–water partition coefficient (Wildman–Crippen LogP) is 2.57. The second kappa shape index (κ2) is 8.37. The number of rotatable bonds is 6. The molecule has 0 aliphatic rings.